The molecular formula is C42H46N2O8. The second-order valence-corrected chi connectivity index (χ2v) is 13.3. The molecule has 1 saturated heterocycles. The van der Waals surface area contributed by atoms with Crippen LogP contribution >= 0.6 is 0 Å². The predicted molar refractivity (Wildman–Crippen MR) is 197 cm³/mol. The molecule has 4 atom stereocenters. The van der Waals surface area contributed by atoms with Gasteiger partial charge in [-0.25, -0.2) is 4.79 Å². The summed E-state index contributed by atoms with van der Waals surface area (Å²) in [4.78, 5) is 38.7. The minimum Gasteiger partial charge on any atom is -0.430 e. The minimum absolute atomic E-state index is 0.0683. The number of ether oxygens (including phenoxy) is 4. The smallest absolute Gasteiger partial charge is 0.430 e. The molecule has 1 heterocycles. The molecular weight excluding hydrogens is 660 g/mol. The Hall–Kier alpha value is -5.32. The number of amides is 1. The van der Waals surface area contributed by atoms with Gasteiger partial charge in [0.2, 0.25) is 5.91 Å². The zero-order chi connectivity index (χ0) is 37.1. The third-order valence-electron chi connectivity index (χ3n) is 9.33. The molecule has 0 radical (unpaired) electrons. The van der Waals surface area contributed by atoms with Gasteiger partial charge in [-0.15, -0.1) is 6.58 Å². The number of non-ortho nitro benzene ring substituents is 1. The Kier molecular flexibility index (Phi) is 12.9. The molecule has 0 saturated carbocycles. The first-order valence-electron chi connectivity index (χ1n) is 17.6. The Morgan fingerprint density at radius 3 is 1.90 bits per heavy atom. The van der Waals surface area contributed by atoms with Crippen LogP contribution in [-0.2, 0) is 35.9 Å². The summed E-state index contributed by atoms with van der Waals surface area (Å²) in [7, 11) is 0. The minimum atomic E-state index is -1.01. The van der Waals surface area contributed by atoms with E-state index in [4.69, 9.17) is 18.9 Å². The summed E-state index contributed by atoms with van der Waals surface area (Å²) >= 11 is 0. The first-order valence-corrected chi connectivity index (χ1v) is 17.6. The molecule has 1 fully saturated rings. The average molecular weight is 707 g/mol. The van der Waals surface area contributed by atoms with E-state index < -0.39 is 40.8 Å². The summed E-state index contributed by atoms with van der Waals surface area (Å²) in [6.45, 7) is 10.5. The standard InChI is InChI=1S/C42H46N2O8/c1-5-26-43-39(38(40(43)45)31(4)52-41(46)50-28-32-21-23-36(24-22-32)44(47)48)37(49-27-25-30(2)3)29-51-42(33-15-9-6-10-16-33,34-17-11-7-12-18-34)35-19-13-8-14-20-35/h5-24,30-31,37-39H,1,25-29H2,2-4H3/t31-,37+,38?,39-/m1/s1. The van der Waals surface area contributed by atoms with Crippen LogP contribution in [0.15, 0.2) is 128 Å². The Bertz CT molecular complexity index is 1670. The van der Waals surface area contributed by atoms with E-state index >= 15 is 0 Å². The maximum Gasteiger partial charge on any atom is 0.508 e. The molecule has 10 nitrogen and oxygen atoms in total. The molecule has 4 aromatic rings. The van der Waals surface area contributed by atoms with Gasteiger partial charge in [0, 0.05) is 25.3 Å². The van der Waals surface area contributed by atoms with Crippen molar-refractivity contribution in [2.75, 3.05) is 19.8 Å². The number of β-lactam (4-membered cyclic amide) rings is 1. The summed E-state index contributed by atoms with van der Waals surface area (Å²) in [6.07, 6.45) is 0.0508. The maximum atomic E-state index is 13.7. The van der Waals surface area contributed by atoms with Crippen molar-refractivity contribution in [3.63, 3.8) is 0 Å². The highest BCUT2D eigenvalue weighted by molar-refractivity contribution is 5.87. The van der Waals surface area contributed by atoms with Gasteiger partial charge in [0.25, 0.3) is 5.69 Å². The van der Waals surface area contributed by atoms with Crippen molar-refractivity contribution < 1.29 is 33.5 Å². The highest BCUT2D eigenvalue weighted by atomic mass is 16.7. The van der Waals surface area contributed by atoms with Crippen molar-refractivity contribution in [1.29, 1.82) is 0 Å². The number of nitro benzene ring substituents is 1. The van der Waals surface area contributed by atoms with Gasteiger partial charge in [-0.05, 0) is 53.6 Å². The van der Waals surface area contributed by atoms with E-state index in [9.17, 15) is 19.7 Å². The summed E-state index contributed by atoms with van der Waals surface area (Å²) < 4.78 is 24.8. The van der Waals surface area contributed by atoms with E-state index in [-0.39, 0.29) is 31.4 Å². The fourth-order valence-corrected chi connectivity index (χ4v) is 6.65. The van der Waals surface area contributed by atoms with Gasteiger partial charge in [0.15, 0.2) is 0 Å². The molecule has 10 heteroatoms. The van der Waals surface area contributed by atoms with Crippen molar-refractivity contribution in [1.82, 2.24) is 4.90 Å². The van der Waals surface area contributed by atoms with Crippen molar-refractivity contribution in [2.45, 2.75) is 57.6 Å². The number of likely N-dealkylation sites (tertiary alicyclic amines) is 1. The monoisotopic (exact) mass is 706 g/mol. The van der Waals surface area contributed by atoms with Crippen molar-refractivity contribution in [3.8, 4) is 0 Å². The number of carbonyl (C=O) groups excluding carboxylic acids is 2. The highest BCUT2D eigenvalue weighted by Gasteiger charge is 2.55. The topological polar surface area (TPSA) is 117 Å². The summed E-state index contributed by atoms with van der Waals surface area (Å²) in [5, 5.41) is 11.0. The van der Waals surface area contributed by atoms with Gasteiger partial charge in [-0.3, -0.25) is 14.9 Å². The molecule has 272 valence electrons. The van der Waals surface area contributed by atoms with Gasteiger partial charge < -0.3 is 23.8 Å². The summed E-state index contributed by atoms with van der Waals surface area (Å²) in [5.74, 6) is -0.549. The second kappa shape index (κ2) is 17.7. The van der Waals surface area contributed by atoms with Crippen molar-refractivity contribution >= 4 is 17.7 Å². The zero-order valence-corrected chi connectivity index (χ0v) is 29.8. The summed E-state index contributed by atoms with van der Waals surface area (Å²) in [6, 6.07) is 35.3. The van der Waals surface area contributed by atoms with Gasteiger partial charge in [-0.2, -0.15) is 0 Å². The van der Waals surface area contributed by atoms with Crippen LogP contribution in [0.3, 0.4) is 0 Å². The predicted octanol–water partition coefficient (Wildman–Crippen LogP) is 8.09. The van der Waals surface area contributed by atoms with Crippen molar-refractivity contribution in [2.24, 2.45) is 11.8 Å². The first-order chi connectivity index (χ1) is 25.1. The molecule has 0 aromatic heterocycles. The number of benzene rings is 4. The zero-order valence-electron chi connectivity index (χ0n) is 29.8. The molecule has 52 heavy (non-hydrogen) atoms. The van der Waals surface area contributed by atoms with Gasteiger partial charge >= 0.3 is 6.16 Å². The van der Waals surface area contributed by atoms with Gasteiger partial charge in [-0.1, -0.05) is 111 Å². The van der Waals surface area contributed by atoms with Crippen molar-refractivity contribution in [3.05, 3.63) is 160 Å². The lowest BCUT2D eigenvalue weighted by Crippen LogP contribution is -2.69. The number of nitrogens with zero attached hydrogens (tertiary/aromatic N) is 2. The van der Waals surface area contributed by atoms with Crippen LogP contribution in [0.2, 0.25) is 0 Å². The normalized spacial score (nSPS) is 16.8. The highest BCUT2D eigenvalue weighted by Crippen LogP contribution is 2.42. The third kappa shape index (κ3) is 8.75. The average Bonchev–Trinajstić information content (AvgIpc) is 3.16. The van der Waals surface area contributed by atoms with E-state index in [0.717, 1.165) is 23.1 Å². The largest absolute Gasteiger partial charge is 0.508 e. The van der Waals surface area contributed by atoms with Crippen LogP contribution in [-0.4, -0.2) is 59.9 Å². The van der Waals surface area contributed by atoms with Crippen LogP contribution in [0, 0.1) is 22.0 Å². The number of hydrogen-bond acceptors (Lipinski definition) is 8. The van der Waals surface area contributed by atoms with E-state index in [1.807, 2.05) is 91.0 Å². The van der Waals surface area contributed by atoms with E-state index in [1.165, 1.54) is 24.3 Å². The number of rotatable bonds is 18. The molecule has 1 aliphatic heterocycles. The molecule has 0 N–H and O–H groups in total. The van der Waals surface area contributed by atoms with Gasteiger partial charge in [0.1, 0.15) is 24.4 Å². The van der Waals surface area contributed by atoms with Crippen LogP contribution in [0.5, 0.6) is 0 Å². The lowest BCUT2D eigenvalue weighted by molar-refractivity contribution is -0.384. The fraction of sp³-hybridized carbons (Fsp3) is 0.333. The summed E-state index contributed by atoms with van der Waals surface area (Å²) in [5.41, 5.74) is 2.28. The molecule has 0 spiro atoms. The molecule has 1 amide bonds. The molecule has 1 unspecified atom stereocenters. The van der Waals surface area contributed by atoms with E-state index in [2.05, 4.69) is 20.4 Å². The van der Waals surface area contributed by atoms with Crippen LogP contribution in [0.25, 0.3) is 0 Å². The Morgan fingerprint density at radius 1 is 0.885 bits per heavy atom. The van der Waals surface area contributed by atoms with E-state index in [1.54, 1.807) is 17.9 Å². The van der Waals surface area contributed by atoms with Crippen LogP contribution in [0.4, 0.5) is 10.5 Å². The quantitative estimate of drug-likeness (QED) is 0.0255. The fourth-order valence-electron chi connectivity index (χ4n) is 6.65. The second-order valence-electron chi connectivity index (χ2n) is 13.3. The lowest BCUT2D eigenvalue weighted by atomic mass is 9.78. The molecule has 0 aliphatic carbocycles. The third-order valence-corrected chi connectivity index (χ3v) is 9.33. The van der Waals surface area contributed by atoms with Crippen LogP contribution in [0.1, 0.15) is 49.4 Å². The Labute approximate surface area is 305 Å². The lowest BCUT2D eigenvalue weighted by Gasteiger charge is -2.52. The van der Waals surface area contributed by atoms with Crippen LogP contribution < -0.4 is 0 Å². The maximum absolute atomic E-state index is 13.7. The number of nitro groups is 1. The molecule has 0 bridgehead atoms. The Morgan fingerprint density at radius 2 is 1.42 bits per heavy atom. The SMILES string of the molecule is C=CCN1C(=O)C([C@@H](C)OC(=O)OCc2ccc([N+](=O)[O-])cc2)[C@H]1[C@H](COC(c1ccccc1)(c1ccccc1)c1ccccc1)OCCC(C)C. The molecule has 5 rings (SSSR count). The number of carbonyl (C=O) groups is 2. The number of hydrogen-bond donors (Lipinski definition) is 0. The first kappa shape index (κ1) is 37.9. The molecule has 4 aromatic carbocycles. The van der Waals surface area contributed by atoms with E-state index in [0.29, 0.717) is 18.1 Å². The molecule has 1 aliphatic rings. The van der Waals surface area contributed by atoms with Gasteiger partial charge in [0.05, 0.1) is 23.5 Å². The Balaban J connectivity index is 1.43.